The Labute approximate surface area is 79.6 Å². The molecule has 0 amide bonds. The van der Waals surface area contributed by atoms with Gasteiger partial charge in [0.2, 0.25) is 0 Å². The average molecular weight is 169 g/mol. The molecule has 0 saturated heterocycles. The van der Waals surface area contributed by atoms with Gasteiger partial charge in [-0.3, -0.25) is 0 Å². The van der Waals surface area contributed by atoms with Gasteiger partial charge in [0.1, 0.15) is 0 Å². The Morgan fingerprint density at radius 3 is 2.54 bits per heavy atom. The number of rotatable bonds is 2. The van der Waals surface area contributed by atoms with Gasteiger partial charge in [-0.05, 0) is 5.56 Å². The summed E-state index contributed by atoms with van der Waals surface area (Å²) in [7, 11) is 0. The molecule has 0 aromatic heterocycles. The van der Waals surface area contributed by atoms with E-state index in [1.165, 1.54) is 16.7 Å². The summed E-state index contributed by atoms with van der Waals surface area (Å²) < 4.78 is 0. The number of hydrogen-bond donors (Lipinski definition) is 0. The van der Waals surface area contributed by atoms with Crippen LogP contribution in [0.2, 0.25) is 0 Å². The number of allylic oxidation sites excluding steroid dienone is 4. The average Bonchev–Trinajstić information content (AvgIpc) is 2.53. The molecule has 1 aromatic rings. The minimum absolute atomic E-state index is 1.05. The Kier molecular flexibility index (Phi) is 2.22. The first-order valence-corrected chi connectivity index (χ1v) is 4.61. The fourth-order valence-corrected chi connectivity index (χ4v) is 1.57. The molecule has 0 atom stereocenters. The summed E-state index contributed by atoms with van der Waals surface area (Å²) in [4.78, 5) is 0. The maximum absolute atomic E-state index is 2.24. The molecule has 0 fully saturated rings. The first-order chi connectivity index (χ1) is 6.34. The van der Waals surface area contributed by atoms with Crippen LogP contribution >= 0.6 is 0 Å². The maximum atomic E-state index is 2.24. The van der Waals surface area contributed by atoms with Crippen LogP contribution in [0.3, 0.4) is 0 Å². The summed E-state index contributed by atoms with van der Waals surface area (Å²) in [6.45, 7) is 2.13. The van der Waals surface area contributed by atoms with Gasteiger partial charge in [0.15, 0.2) is 0 Å². The lowest BCUT2D eigenvalue weighted by atomic mass is 10.0. The molecule has 0 spiro atoms. The summed E-state index contributed by atoms with van der Waals surface area (Å²) in [5.74, 6) is 0. The molecule has 0 nitrogen and oxygen atoms in total. The Hall–Kier alpha value is -1.43. The Morgan fingerprint density at radius 2 is 1.92 bits per heavy atom. The predicted octanol–water partition coefficient (Wildman–Crippen LogP) is 3.32. The SMILES string of the molecule is CC1=C[CH+]C(Cc2ccccc2)=C1. The van der Waals surface area contributed by atoms with Crippen LogP contribution in [0.1, 0.15) is 12.5 Å². The molecule has 0 N–H and O–H groups in total. The van der Waals surface area contributed by atoms with Crippen molar-refractivity contribution in [3.63, 3.8) is 0 Å². The highest BCUT2D eigenvalue weighted by molar-refractivity contribution is 5.42. The fourth-order valence-electron chi connectivity index (χ4n) is 1.57. The zero-order valence-corrected chi connectivity index (χ0v) is 7.83. The molecule has 0 saturated carbocycles. The second kappa shape index (κ2) is 3.53. The third-order valence-electron chi connectivity index (χ3n) is 2.22. The molecule has 1 aliphatic rings. The standard InChI is InChI=1S/C13H13/c1-11-7-8-13(9-11)10-12-5-3-2-4-6-12/h2-9H,10H2,1H3/q+1. The molecule has 0 unspecified atom stereocenters. The van der Waals surface area contributed by atoms with Gasteiger partial charge in [-0.1, -0.05) is 30.3 Å². The first-order valence-electron chi connectivity index (χ1n) is 4.61. The lowest BCUT2D eigenvalue weighted by Gasteiger charge is -1.96. The summed E-state index contributed by atoms with van der Waals surface area (Å²) >= 11 is 0. The quantitative estimate of drug-likeness (QED) is 0.596. The van der Waals surface area contributed by atoms with Crippen molar-refractivity contribution in [1.29, 1.82) is 0 Å². The second-order valence-electron chi connectivity index (χ2n) is 3.46. The monoisotopic (exact) mass is 169 g/mol. The predicted molar refractivity (Wildman–Crippen MR) is 56.3 cm³/mol. The molecule has 64 valence electrons. The van der Waals surface area contributed by atoms with E-state index in [4.69, 9.17) is 0 Å². The van der Waals surface area contributed by atoms with Crippen LogP contribution in [0.5, 0.6) is 0 Å². The number of benzene rings is 1. The summed E-state index contributed by atoms with van der Waals surface area (Å²) in [6, 6.07) is 10.6. The molecule has 2 rings (SSSR count). The Morgan fingerprint density at radius 1 is 1.15 bits per heavy atom. The van der Waals surface area contributed by atoms with E-state index < -0.39 is 0 Å². The van der Waals surface area contributed by atoms with E-state index in [2.05, 4.69) is 55.8 Å². The zero-order chi connectivity index (χ0) is 9.10. The molecule has 0 bridgehead atoms. The molecule has 0 heteroatoms. The molecule has 1 aromatic carbocycles. The van der Waals surface area contributed by atoms with Crippen LogP contribution < -0.4 is 0 Å². The van der Waals surface area contributed by atoms with Gasteiger partial charge in [0.25, 0.3) is 0 Å². The van der Waals surface area contributed by atoms with Crippen LogP contribution in [0, 0.1) is 6.42 Å². The van der Waals surface area contributed by atoms with Crippen molar-refractivity contribution < 1.29 is 0 Å². The van der Waals surface area contributed by atoms with Gasteiger partial charge in [-0.15, -0.1) is 0 Å². The van der Waals surface area contributed by atoms with Crippen LogP contribution in [0.4, 0.5) is 0 Å². The van der Waals surface area contributed by atoms with E-state index in [9.17, 15) is 0 Å². The molecule has 0 heterocycles. The van der Waals surface area contributed by atoms with Crippen molar-refractivity contribution in [1.82, 2.24) is 0 Å². The number of hydrogen-bond acceptors (Lipinski definition) is 0. The van der Waals surface area contributed by atoms with E-state index in [0.717, 1.165) is 6.42 Å². The van der Waals surface area contributed by atoms with Crippen LogP contribution in [0.15, 0.2) is 53.6 Å². The lowest BCUT2D eigenvalue weighted by Crippen LogP contribution is -1.87. The normalized spacial score (nSPS) is 14.8. The highest BCUT2D eigenvalue weighted by Gasteiger charge is 2.12. The smallest absolute Gasteiger partial charge is 0.0622 e. The third-order valence-corrected chi connectivity index (χ3v) is 2.22. The van der Waals surface area contributed by atoms with Crippen molar-refractivity contribution in [3.8, 4) is 0 Å². The largest absolute Gasteiger partial charge is 0.0904 e. The first kappa shape index (κ1) is 8.18. The minimum Gasteiger partial charge on any atom is -0.0622 e. The van der Waals surface area contributed by atoms with Gasteiger partial charge < -0.3 is 0 Å². The van der Waals surface area contributed by atoms with Gasteiger partial charge in [-0.2, -0.15) is 0 Å². The van der Waals surface area contributed by atoms with Crippen LogP contribution in [-0.2, 0) is 6.42 Å². The van der Waals surface area contributed by atoms with E-state index >= 15 is 0 Å². The second-order valence-corrected chi connectivity index (χ2v) is 3.46. The van der Waals surface area contributed by atoms with Crippen LogP contribution in [0.25, 0.3) is 0 Å². The van der Waals surface area contributed by atoms with Crippen LogP contribution in [-0.4, -0.2) is 0 Å². The lowest BCUT2D eigenvalue weighted by molar-refractivity contribution is 1.18. The van der Waals surface area contributed by atoms with E-state index in [1.807, 2.05) is 0 Å². The highest BCUT2D eigenvalue weighted by atomic mass is 14.1. The van der Waals surface area contributed by atoms with E-state index in [0.29, 0.717) is 0 Å². The molecule has 0 radical (unpaired) electrons. The third kappa shape index (κ3) is 2.03. The van der Waals surface area contributed by atoms with Gasteiger partial charge in [0, 0.05) is 19.8 Å². The van der Waals surface area contributed by atoms with Crippen molar-refractivity contribution in [2.75, 3.05) is 0 Å². The Balaban J connectivity index is 2.05. The summed E-state index contributed by atoms with van der Waals surface area (Å²) in [5, 5.41) is 0. The molecule has 13 heavy (non-hydrogen) atoms. The van der Waals surface area contributed by atoms with Gasteiger partial charge in [-0.25, -0.2) is 0 Å². The molecule has 0 aliphatic heterocycles. The minimum atomic E-state index is 1.05. The highest BCUT2D eigenvalue weighted by Crippen LogP contribution is 2.19. The fraction of sp³-hybridized carbons (Fsp3) is 0.154. The van der Waals surface area contributed by atoms with E-state index in [-0.39, 0.29) is 0 Å². The van der Waals surface area contributed by atoms with Crippen molar-refractivity contribution >= 4 is 0 Å². The van der Waals surface area contributed by atoms with Crippen molar-refractivity contribution in [2.45, 2.75) is 13.3 Å². The van der Waals surface area contributed by atoms with Gasteiger partial charge in [0.05, 0.1) is 23.3 Å². The van der Waals surface area contributed by atoms with Crippen molar-refractivity contribution in [2.24, 2.45) is 0 Å². The summed E-state index contributed by atoms with van der Waals surface area (Å²) in [5.41, 5.74) is 4.14. The Bertz CT molecular complexity index is 342. The molecular formula is C13H13+. The zero-order valence-electron chi connectivity index (χ0n) is 7.83. The molecular weight excluding hydrogens is 156 g/mol. The molecule has 1 aliphatic carbocycles. The maximum Gasteiger partial charge on any atom is 0.0904 e. The van der Waals surface area contributed by atoms with E-state index in [1.54, 1.807) is 0 Å². The van der Waals surface area contributed by atoms with Gasteiger partial charge >= 0.3 is 0 Å². The topological polar surface area (TPSA) is 0 Å². The summed E-state index contributed by atoms with van der Waals surface area (Å²) in [6.07, 6.45) is 7.66. The van der Waals surface area contributed by atoms with Crippen molar-refractivity contribution in [3.05, 3.63) is 65.6 Å².